The quantitative estimate of drug-likeness (QED) is 0.710. The van der Waals surface area contributed by atoms with Gasteiger partial charge in [0.25, 0.3) is 0 Å². The number of rotatable bonds is 9. The molecule has 4 heteroatoms. The molecule has 0 aromatic rings. The van der Waals surface area contributed by atoms with Crippen LogP contribution in [0.3, 0.4) is 0 Å². The van der Waals surface area contributed by atoms with E-state index in [9.17, 15) is 0 Å². The lowest BCUT2D eigenvalue weighted by Gasteiger charge is -2.49. The molecular formula is C16H35N3S. The largest absolute Gasteiger partial charge is 0.329 e. The summed E-state index contributed by atoms with van der Waals surface area (Å²) >= 11 is 2.11. The molecule has 0 aromatic heterocycles. The lowest BCUT2D eigenvalue weighted by Crippen LogP contribution is -2.61. The van der Waals surface area contributed by atoms with E-state index in [1.807, 2.05) is 0 Å². The van der Waals surface area contributed by atoms with Gasteiger partial charge in [-0.25, -0.2) is 0 Å². The minimum absolute atomic E-state index is 0.237. The van der Waals surface area contributed by atoms with E-state index in [2.05, 4.69) is 49.3 Å². The molecule has 1 heterocycles. The number of likely N-dealkylation sites (N-methyl/N-ethyl adjacent to an activating group) is 1. The van der Waals surface area contributed by atoms with Crippen LogP contribution in [0.15, 0.2) is 0 Å². The van der Waals surface area contributed by atoms with Crippen molar-refractivity contribution in [2.24, 2.45) is 5.73 Å². The van der Waals surface area contributed by atoms with Crippen molar-refractivity contribution in [1.82, 2.24) is 9.80 Å². The van der Waals surface area contributed by atoms with Crippen molar-refractivity contribution in [3.63, 3.8) is 0 Å². The summed E-state index contributed by atoms with van der Waals surface area (Å²) in [5, 5.41) is 0.662. The predicted molar refractivity (Wildman–Crippen MR) is 92.6 cm³/mol. The fraction of sp³-hybridized carbons (Fsp3) is 1.00. The summed E-state index contributed by atoms with van der Waals surface area (Å²) in [5.41, 5.74) is 6.46. The Morgan fingerprint density at radius 3 is 2.35 bits per heavy atom. The molecule has 120 valence electrons. The SMILES string of the molecule is CCN(CC)CCCN(CC)C1(CN)CCCSC1C. The minimum Gasteiger partial charge on any atom is -0.329 e. The van der Waals surface area contributed by atoms with Gasteiger partial charge in [-0.05, 0) is 57.7 Å². The molecule has 1 aliphatic heterocycles. The van der Waals surface area contributed by atoms with Gasteiger partial charge in [0.2, 0.25) is 0 Å². The van der Waals surface area contributed by atoms with Gasteiger partial charge in [-0.15, -0.1) is 0 Å². The van der Waals surface area contributed by atoms with E-state index in [1.165, 1.54) is 38.1 Å². The second-order valence-electron chi connectivity index (χ2n) is 5.88. The van der Waals surface area contributed by atoms with Crippen LogP contribution in [0.4, 0.5) is 0 Å². The van der Waals surface area contributed by atoms with Crippen LogP contribution >= 0.6 is 11.8 Å². The molecule has 1 aliphatic rings. The van der Waals surface area contributed by atoms with E-state index < -0.39 is 0 Å². The highest BCUT2D eigenvalue weighted by Gasteiger charge is 2.41. The Bertz CT molecular complexity index is 258. The second kappa shape index (κ2) is 9.29. The van der Waals surface area contributed by atoms with Crippen LogP contribution in [0.5, 0.6) is 0 Å². The number of nitrogens with zero attached hydrogens (tertiary/aromatic N) is 2. The van der Waals surface area contributed by atoms with Crippen molar-refractivity contribution in [3.8, 4) is 0 Å². The van der Waals surface area contributed by atoms with Crippen LogP contribution in [0.2, 0.25) is 0 Å². The maximum atomic E-state index is 6.22. The third-order valence-corrected chi connectivity index (χ3v) is 6.50. The molecule has 2 atom stereocenters. The number of nitrogens with two attached hydrogens (primary N) is 1. The molecule has 0 bridgehead atoms. The zero-order valence-electron chi connectivity index (χ0n) is 14.0. The molecule has 0 saturated carbocycles. The Hall–Kier alpha value is 0.230. The van der Waals surface area contributed by atoms with Crippen molar-refractivity contribution >= 4 is 11.8 Å². The third-order valence-electron chi connectivity index (χ3n) is 5.04. The van der Waals surface area contributed by atoms with E-state index in [0.29, 0.717) is 5.25 Å². The van der Waals surface area contributed by atoms with E-state index in [4.69, 9.17) is 5.73 Å². The monoisotopic (exact) mass is 301 g/mol. The molecule has 1 fully saturated rings. The summed E-state index contributed by atoms with van der Waals surface area (Å²) < 4.78 is 0. The van der Waals surface area contributed by atoms with Crippen LogP contribution in [-0.2, 0) is 0 Å². The summed E-state index contributed by atoms with van der Waals surface area (Å²) in [6, 6.07) is 0. The highest BCUT2D eigenvalue weighted by atomic mass is 32.2. The first kappa shape index (κ1) is 18.3. The van der Waals surface area contributed by atoms with Crippen molar-refractivity contribution in [3.05, 3.63) is 0 Å². The second-order valence-corrected chi connectivity index (χ2v) is 7.33. The van der Waals surface area contributed by atoms with Gasteiger partial charge < -0.3 is 10.6 Å². The highest BCUT2D eigenvalue weighted by Crippen LogP contribution is 2.37. The Balaban J connectivity index is 2.58. The fourth-order valence-electron chi connectivity index (χ4n) is 3.53. The summed E-state index contributed by atoms with van der Waals surface area (Å²) in [7, 11) is 0. The molecule has 0 spiro atoms. The summed E-state index contributed by atoms with van der Waals surface area (Å²) in [4.78, 5) is 5.19. The fourth-order valence-corrected chi connectivity index (χ4v) is 4.87. The molecule has 2 unspecified atom stereocenters. The van der Waals surface area contributed by atoms with Crippen LogP contribution in [0.25, 0.3) is 0 Å². The highest BCUT2D eigenvalue weighted by molar-refractivity contribution is 8.00. The Labute approximate surface area is 130 Å². The Morgan fingerprint density at radius 2 is 1.85 bits per heavy atom. The van der Waals surface area contributed by atoms with E-state index in [0.717, 1.165) is 26.2 Å². The zero-order valence-corrected chi connectivity index (χ0v) is 14.8. The first-order valence-corrected chi connectivity index (χ1v) is 9.48. The molecule has 3 nitrogen and oxygen atoms in total. The molecule has 2 N–H and O–H groups in total. The molecule has 0 aliphatic carbocycles. The molecule has 20 heavy (non-hydrogen) atoms. The van der Waals surface area contributed by atoms with E-state index in [-0.39, 0.29) is 5.54 Å². The lowest BCUT2D eigenvalue weighted by atomic mass is 9.87. The van der Waals surface area contributed by atoms with Gasteiger partial charge in [-0.3, -0.25) is 4.90 Å². The van der Waals surface area contributed by atoms with Gasteiger partial charge in [0.05, 0.1) is 0 Å². The summed E-state index contributed by atoms with van der Waals surface area (Å²) in [6.07, 6.45) is 3.85. The summed E-state index contributed by atoms with van der Waals surface area (Å²) in [5.74, 6) is 1.31. The van der Waals surface area contributed by atoms with E-state index in [1.54, 1.807) is 0 Å². The first-order valence-electron chi connectivity index (χ1n) is 8.43. The third kappa shape index (κ3) is 4.36. The van der Waals surface area contributed by atoms with Crippen LogP contribution in [0.1, 0.15) is 47.0 Å². The summed E-state index contributed by atoms with van der Waals surface area (Å²) in [6.45, 7) is 15.8. The van der Waals surface area contributed by atoms with Gasteiger partial charge in [-0.1, -0.05) is 27.7 Å². The van der Waals surface area contributed by atoms with Crippen molar-refractivity contribution < 1.29 is 0 Å². The maximum Gasteiger partial charge on any atom is 0.0447 e. The minimum atomic E-state index is 0.237. The standard InChI is InChI=1S/C16H35N3S/c1-5-18(6-2)11-9-12-19(7-3)16(14-17)10-8-13-20-15(16)4/h15H,5-14,17H2,1-4H3. The van der Waals surface area contributed by atoms with Crippen molar-refractivity contribution in [2.45, 2.75) is 57.7 Å². The number of hydrogen-bond donors (Lipinski definition) is 1. The number of thioether (sulfide) groups is 1. The van der Waals surface area contributed by atoms with Gasteiger partial charge in [-0.2, -0.15) is 11.8 Å². The van der Waals surface area contributed by atoms with Gasteiger partial charge in [0.15, 0.2) is 0 Å². The van der Waals surface area contributed by atoms with Crippen LogP contribution in [0, 0.1) is 0 Å². The maximum absolute atomic E-state index is 6.22. The van der Waals surface area contributed by atoms with Gasteiger partial charge in [0.1, 0.15) is 0 Å². The number of hydrogen-bond acceptors (Lipinski definition) is 4. The average Bonchev–Trinajstić information content (AvgIpc) is 2.49. The molecule has 1 rings (SSSR count). The molecule has 1 saturated heterocycles. The smallest absolute Gasteiger partial charge is 0.0447 e. The van der Waals surface area contributed by atoms with Gasteiger partial charge >= 0.3 is 0 Å². The van der Waals surface area contributed by atoms with Crippen molar-refractivity contribution in [1.29, 1.82) is 0 Å². The van der Waals surface area contributed by atoms with E-state index >= 15 is 0 Å². The molecular weight excluding hydrogens is 266 g/mol. The van der Waals surface area contributed by atoms with Crippen LogP contribution in [-0.4, -0.2) is 65.6 Å². The van der Waals surface area contributed by atoms with Crippen molar-refractivity contribution in [2.75, 3.05) is 45.0 Å². The predicted octanol–water partition coefficient (Wildman–Crippen LogP) is 2.65. The zero-order chi connectivity index (χ0) is 15.0. The molecule has 0 amide bonds. The molecule has 0 aromatic carbocycles. The lowest BCUT2D eigenvalue weighted by molar-refractivity contribution is 0.0823. The normalized spacial score (nSPS) is 27.4. The Kier molecular flexibility index (Phi) is 8.49. The molecule has 0 radical (unpaired) electrons. The Morgan fingerprint density at radius 1 is 1.15 bits per heavy atom. The first-order chi connectivity index (χ1) is 9.64. The van der Waals surface area contributed by atoms with Gasteiger partial charge in [0, 0.05) is 17.3 Å². The average molecular weight is 302 g/mol. The van der Waals surface area contributed by atoms with Crippen LogP contribution < -0.4 is 5.73 Å². The topological polar surface area (TPSA) is 32.5 Å².